The van der Waals surface area contributed by atoms with Gasteiger partial charge >= 0.3 is 5.97 Å². The molecule has 0 aromatic heterocycles. The minimum absolute atomic E-state index is 0.0163. The normalized spacial score (nSPS) is 30.7. The monoisotopic (exact) mass is 334 g/mol. The van der Waals surface area contributed by atoms with Crippen LogP contribution >= 0.6 is 0 Å². The minimum Gasteiger partial charge on any atom is -0.508 e. The van der Waals surface area contributed by atoms with E-state index in [4.69, 9.17) is 9.47 Å². The fraction of sp³-hybridized carbons (Fsp3) is 0.500. The Bertz CT molecular complexity index is 653. The number of aliphatic hydroxyl groups is 1. The van der Waals surface area contributed by atoms with Crippen LogP contribution in [0, 0.1) is 0 Å². The van der Waals surface area contributed by atoms with Crippen LogP contribution in [0.15, 0.2) is 24.3 Å². The van der Waals surface area contributed by atoms with Gasteiger partial charge in [-0.2, -0.15) is 0 Å². The number of allylic oxidation sites excluding steroid dienone is 1. The highest BCUT2D eigenvalue weighted by atomic mass is 16.6. The molecule has 6 nitrogen and oxygen atoms in total. The number of fused-ring (bicyclic) bond motifs is 2. The molecule has 0 spiro atoms. The summed E-state index contributed by atoms with van der Waals surface area (Å²) in [7, 11) is 0. The van der Waals surface area contributed by atoms with Crippen LogP contribution in [0.4, 0.5) is 0 Å². The lowest BCUT2D eigenvalue weighted by molar-refractivity contribution is 0.0305. The first-order chi connectivity index (χ1) is 11.4. The Kier molecular flexibility index (Phi) is 4.78. The van der Waals surface area contributed by atoms with E-state index in [9.17, 15) is 20.1 Å². The third-order valence-corrected chi connectivity index (χ3v) is 4.35. The van der Waals surface area contributed by atoms with Crippen molar-refractivity contribution in [1.82, 2.24) is 0 Å². The highest BCUT2D eigenvalue weighted by molar-refractivity contribution is 5.94. The van der Waals surface area contributed by atoms with Crippen molar-refractivity contribution in [3.05, 3.63) is 35.4 Å². The third kappa shape index (κ3) is 3.88. The van der Waals surface area contributed by atoms with E-state index in [-0.39, 0.29) is 41.8 Å². The zero-order chi connectivity index (χ0) is 17.3. The molecule has 0 amide bonds. The molecule has 0 saturated carbocycles. The summed E-state index contributed by atoms with van der Waals surface area (Å²) in [4.78, 5) is 12.4. The van der Waals surface area contributed by atoms with Crippen molar-refractivity contribution in [2.75, 3.05) is 0 Å². The summed E-state index contributed by atoms with van der Waals surface area (Å²) in [6.45, 7) is 1.79. The zero-order valence-electron chi connectivity index (χ0n) is 13.5. The van der Waals surface area contributed by atoms with E-state index in [2.05, 4.69) is 0 Å². The number of phenolic OH excluding ortho intramolecular Hbond substituents is 2. The summed E-state index contributed by atoms with van der Waals surface area (Å²) < 4.78 is 11.0. The number of esters is 1. The van der Waals surface area contributed by atoms with Gasteiger partial charge in [0.15, 0.2) is 0 Å². The molecule has 2 aliphatic rings. The number of cyclic esters (lactones) is 1. The minimum atomic E-state index is -0.825. The van der Waals surface area contributed by atoms with Crippen molar-refractivity contribution in [3.8, 4) is 11.5 Å². The van der Waals surface area contributed by atoms with Crippen molar-refractivity contribution >= 4 is 5.97 Å². The highest BCUT2D eigenvalue weighted by Crippen LogP contribution is 2.33. The number of hydrogen-bond donors (Lipinski definition) is 3. The second-order valence-corrected chi connectivity index (χ2v) is 6.44. The second-order valence-electron chi connectivity index (χ2n) is 6.44. The number of aliphatic hydroxyl groups excluding tert-OH is 1. The van der Waals surface area contributed by atoms with Crippen LogP contribution in [0.3, 0.4) is 0 Å². The van der Waals surface area contributed by atoms with E-state index in [1.54, 1.807) is 13.0 Å². The molecule has 0 aliphatic carbocycles. The summed E-state index contributed by atoms with van der Waals surface area (Å²) >= 11 is 0. The molecular formula is C18H22O6. The Morgan fingerprint density at radius 3 is 2.79 bits per heavy atom. The van der Waals surface area contributed by atoms with Crippen LogP contribution in [-0.2, 0) is 15.9 Å². The van der Waals surface area contributed by atoms with Crippen LogP contribution in [0.1, 0.15) is 42.1 Å². The molecule has 4 atom stereocenters. The van der Waals surface area contributed by atoms with Gasteiger partial charge in [-0.1, -0.05) is 12.2 Å². The molecule has 1 aromatic carbocycles. The van der Waals surface area contributed by atoms with Crippen LogP contribution in [-0.4, -0.2) is 45.7 Å². The van der Waals surface area contributed by atoms with Crippen molar-refractivity contribution in [3.63, 3.8) is 0 Å². The van der Waals surface area contributed by atoms with Gasteiger partial charge in [-0.15, -0.1) is 0 Å². The molecular weight excluding hydrogens is 312 g/mol. The first-order valence-electron chi connectivity index (χ1n) is 8.20. The largest absolute Gasteiger partial charge is 0.508 e. The van der Waals surface area contributed by atoms with Crippen molar-refractivity contribution in [2.45, 2.75) is 57.0 Å². The lowest BCUT2D eigenvalue weighted by Gasteiger charge is -2.17. The molecule has 1 saturated heterocycles. The first-order valence-corrected chi connectivity index (χ1v) is 8.20. The van der Waals surface area contributed by atoms with Gasteiger partial charge in [0.25, 0.3) is 0 Å². The first kappa shape index (κ1) is 16.8. The second kappa shape index (κ2) is 6.83. The number of hydrogen-bond acceptors (Lipinski definition) is 6. The number of epoxide rings is 1. The van der Waals surface area contributed by atoms with E-state index in [1.807, 2.05) is 6.08 Å². The number of phenols is 2. The molecule has 0 unspecified atom stereocenters. The smallest absolute Gasteiger partial charge is 0.342 e. The predicted molar refractivity (Wildman–Crippen MR) is 86.0 cm³/mol. The number of carbonyl (C=O) groups is 1. The third-order valence-electron chi connectivity index (χ3n) is 4.35. The van der Waals surface area contributed by atoms with Crippen LogP contribution in [0.2, 0.25) is 0 Å². The van der Waals surface area contributed by atoms with Crippen molar-refractivity contribution < 1.29 is 29.6 Å². The Morgan fingerprint density at radius 1 is 1.21 bits per heavy atom. The molecule has 3 rings (SSSR count). The fourth-order valence-corrected chi connectivity index (χ4v) is 3.13. The molecule has 1 aromatic rings. The Balaban J connectivity index is 1.90. The summed E-state index contributed by atoms with van der Waals surface area (Å²) in [6, 6.07) is 2.46. The highest BCUT2D eigenvalue weighted by Gasteiger charge is 2.39. The van der Waals surface area contributed by atoms with Crippen molar-refractivity contribution in [2.24, 2.45) is 0 Å². The van der Waals surface area contributed by atoms with E-state index in [1.165, 1.54) is 6.07 Å². The number of carbonyl (C=O) groups excluding carboxylic acids is 1. The molecule has 0 bridgehead atoms. The summed E-state index contributed by atoms with van der Waals surface area (Å²) in [5.41, 5.74) is 0.330. The maximum absolute atomic E-state index is 12.4. The Morgan fingerprint density at radius 2 is 2.00 bits per heavy atom. The summed E-state index contributed by atoms with van der Waals surface area (Å²) in [6.07, 6.45) is 5.00. The average Bonchev–Trinajstić information content (AvgIpc) is 3.19. The average molecular weight is 334 g/mol. The van der Waals surface area contributed by atoms with Gasteiger partial charge in [-0.05, 0) is 31.4 Å². The fourth-order valence-electron chi connectivity index (χ4n) is 3.13. The van der Waals surface area contributed by atoms with Gasteiger partial charge in [0.05, 0.1) is 18.3 Å². The van der Waals surface area contributed by atoms with Gasteiger partial charge in [-0.3, -0.25) is 0 Å². The van der Waals surface area contributed by atoms with E-state index in [0.29, 0.717) is 12.0 Å². The topological polar surface area (TPSA) is 99.5 Å². The summed E-state index contributed by atoms with van der Waals surface area (Å²) in [5, 5.41) is 29.9. The van der Waals surface area contributed by atoms with Gasteiger partial charge in [0, 0.05) is 18.9 Å². The van der Waals surface area contributed by atoms with E-state index in [0.717, 1.165) is 18.9 Å². The maximum atomic E-state index is 12.4. The quantitative estimate of drug-likeness (QED) is 0.381. The van der Waals surface area contributed by atoms with Gasteiger partial charge in [-0.25, -0.2) is 4.79 Å². The Labute approximate surface area is 140 Å². The van der Waals surface area contributed by atoms with Crippen LogP contribution in [0.5, 0.6) is 11.5 Å². The maximum Gasteiger partial charge on any atom is 0.342 e. The van der Waals surface area contributed by atoms with Crippen LogP contribution < -0.4 is 0 Å². The van der Waals surface area contributed by atoms with Gasteiger partial charge < -0.3 is 24.8 Å². The van der Waals surface area contributed by atoms with E-state index < -0.39 is 12.1 Å². The number of benzene rings is 1. The number of ether oxygens (including phenoxy) is 2. The van der Waals surface area contributed by atoms with Crippen LogP contribution in [0.25, 0.3) is 0 Å². The number of aromatic hydroxyl groups is 2. The molecule has 24 heavy (non-hydrogen) atoms. The summed E-state index contributed by atoms with van der Waals surface area (Å²) in [5.74, 6) is -1.19. The molecule has 130 valence electrons. The Hall–Kier alpha value is -2.05. The van der Waals surface area contributed by atoms with Gasteiger partial charge in [0.2, 0.25) is 0 Å². The van der Waals surface area contributed by atoms with Crippen molar-refractivity contribution in [1.29, 1.82) is 0 Å². The predicted octanol–water partition coefficient (Wildman–Crippen LogP) is 2.05. The molecule has 6 heteroatoms. The molecule has 2 heterocycles. The number of rotatable bonds is 0. The van der Waals surface area contributed by atoms with E-state index >= 15 is 0 Å². The standard InChI is InChI=1S/C18H22O6/c1-10-6-16-15(24-16)5-3-2-4-12(19)7-11-8-13(20)9-14(21)17(11)18(22)23-10/h2,4,8-10,12,15-16,19-21H,3,5-7H2,1H3/t10-,12+,15+,16+/m1/s1. The SMILES string of the molecule is C[C@@H]1C[C@@H]2O[C@H]2CCC=C[C@H](O)Cc2cc(O)cc(O)c2C(=O)O1. The molecule has 0 radical (unpaired) electrons. The van der Waals surface area contributed by atoms with Gasteiger partial charge in [0.1, 0.15) is 23.2 Å². The molecule has 1 fully saturated rings. The lowest BCUT2D eigenvalue weighted by atomic mass is 9.99. The lowest BCUT2D eigenvalue weighted by Crippen LogP contribution is -2.20. The zero-order valence-corrected chi connectivity index (χ0v) is 13.5. The molecule has 2 aliphatic heterocycles. The molecule has 3 N–H and O–H groups in total.